The Balaban J connectivity index is 0.00000144. The molecule has 0 spiro atoms. The Morgan fingerprint density at radius 1 is 1.23 bits per heavy atom. The van der Waals surface area contributed by atoms with Crippen LogP contribution < -0.4 is 11.1 Å². The van der Waals surface area contributed by atoms with E-state index in [4.69, 9.17) is 5.73 Å². The van der Waals surface area contributed by atoms with Gasteiger partial charge in [-0.15, -0.1) is 12.4 Å². The zero-order valence-corrected chi connectivity index (χ0v) is 12.9. The van der Waals surface area contributed by atoms with Crippen LogP contribution in [0.15, 0.2) is 36.5 Å². The summed E-state index contributed by atoms with van der Waals surface area (Å²) in [6.45, 7) is 0. The topological polar surface area (TPSA) is 50.9 Å². The summed E-state index contributed by atoms with van der Waals surface area (Å²) in [6, 6.07) is 10.4. The number of nitrogens with two attached hydrogens (primary N) is 1. The number of hydrogen-bond donors (Lipinski definition) is 2. The number of rotatable bonds is 2. The monoisotopic (exact) mass is 319 g/mol. The molecule has 0 aliphatic carbocycles. The summed E-state index contributed by atoms with van der Waals surface area (Å²) in [7, 11) is 0. The van der Waals surface area contributed by atoms with Crippen LogP contribution in [0.5, 0.6) is 0 Å². The van der Waals surface area contributed by atoms with Crippen LogP contribution in [0.1, 0.15) is 30.7 Å². The lowest BCUT2D eigenvalue weighted by Crippen LogP contribution is -2.21. The highest BCUT2D eigenvalue weighted by molar-refractivity contribution is 5.85. The fourth-order valence-corrected chi connectivity index (χ4v) is 3.77. The molecule has 22 heavy (non-hydrogen) atoms. The lowest BCUT2D eigenvalue weighted by atomic mass is 9.84. The number of aromatic nitrogens is 1. The van der Waals surface area contributed by atoms with E-state index in [1.165, 1.54) is 12.8 Å². The van der Waals surface area contributed by atoms with Gasteiger partial charge in [-0.25, -0.2) is 4.98 Å². The minimum Gasteiger partial charge on any atom is -0.399 e. The van der Waals surface area contributed by atoms with Crippen LogP contribution in [0, 0.1) is 5.95 Å². The molecule has 0 radical (unpaired) electrons. The van der Waals surface area contributed by atoms with Crippen molar-refractivity contribution in [3.63, 3.8) is 0 Å². The van der Waals surface area contributed by atoms with Gasteiger partial charge in [0.1, 0.15) is 0 Å². The molecule has 2 aliphatic heterocycles. The Morgan fingerprint density at radius 2 is 2.09 bits per heavy atom. The molecule has 5 heteroatoms. The molecule has 3 heterocycles. The van der Waals surface area contributed by atoms with E-state index in [0.29, 0.717) is 29.3 Å². The molecule has 116 valence electrons. The van der Waals surface area contributed by atoms with Gasteiger partial charge in [-0.2, -0.15) is 4.39 Å². The van der Waals surface area contributed by atoms with Crippen molar-refractivity contribution < 1.29 is 4.39 Å². The van der Waals surface area contributed by atoms with Gasteiger partial charge in [0.15, 0.2) is 0 Å². The van der Waals surface area contributed by atoms with Gasteiger partial charge < -0.3 is 11.1 Å². The second-order valence-corrected chi connectivity index (χ2v) is 6.12. The van der Waals surface area contributed by atoms with Crippen molar-refractivity contribution in [2.75, 3.05) is 5.73 Å². The molecule has 1 aromatic carbocycles. The van der Waals surface area contributed by atoms with Crippen molar-refractivity contribution in [2.45, 2.75) is 37.3 Å². The quantitative estimate of drug-likeness (QED) is 0.658. The van der Waals surface area contributed by atoms with Crippen LogP contribution in [0.4, 0.5) is 10.1 Å². The highest BCUT2D eigenvalue weighted by atomic mass is 35.5. The molecule has 4 rings (SSSR count). The van der Waals surface area contributed by atoms with Gasteiger partial charge in [0.2, 0.25) is 5.95 Å². The summed E-state index contributed by atoms with van der Waals surface area (Å²) in [6.07, 6.45) is 5.30. The average molecular weight is 320 g/mol. The third kappa shape index (κ3) is 2.57. The Bertz CT molecular complexity index is 691. The molecule has 0 amide bonds. The van der Waals surface area contributed by atoms with Crippen LogP contribution in [-0.4, -0.2) is 17.1 Å². The number of fused-ring (bicyclic) bond motifs is 2. The summed E-state index contributed by atoms with van der Waals surface area (Å²) in [4.78, 5) is 3.98. The van der Waals surface area contributed by atoms with Gasteiger partial charge in [0.05, 0.1) is 0 Å². The van der Waals surface area contributed by atoms with Crippen molar-refractivity contribution in [3.8, 4) is 11.1 Å². The maximum atomic E-state index is 14.1. The van der Waals surface area contributed by atoms with Crippen LogP contribution in [0.3, 0.4) is 0 Å². The normalized spacial score (nSPS) is 26.0. The minimum absolute atomic E-state index is 0. The van der Waals surface area contributed by atoms with Crippen molar-refractivity contribution in [1.82, 2.24) is 10.3 Å². The standard InChI is InChI=1S/C17H18FN3.ClH/c18-17-15(10-2-1-3-12(19)6-10)7-11(9-20-17)14-8-13-4-5-16(14)21-13;/h1-3,6-7,9,13-14,16,21H,4-5,8,19H2;1H. The van der Waals surface area contributed by atoms with E-state index in [-0.39, 0.29) is 12.4 Å². The first-order valence-corrected chi connectivity index (χ1v) is 7.48. The number of halogens is 2. The van der Waals surface area contributed by atoms with E-state index < -0.39 is 5.95 Å². The number of nitrogens with one attached hydrogen (secondary N) is 1. The molecule has 3 nitrogen and oxygen atoms in total. The van der Waals surface area contributed by atoms with Gasteiger partial charge in [-0.3, -0.25) is 0 Å². The molecule has 2 aromatic rings. The largest absolute Gasteiger partial charge is 0.399 e. The van der Waals surface area contributed by atoms with E-state index in [2.05, 4.69) is 10.3 Å². The number of pyridine rings is 1. The summed E-state index contributed by atoms with van der Waals surface area (Å²) in [5, 5.41) is 3.62. The van der Waals surface area contributed by atoms with E-state index in [1.807, 2.05) is 18.2 Å². The Labute approximate surface area is 135 Å². The predicted molar refractivity (Wildman–Crippen MR) is 88.6 cm³/mol. The Morgan fingerprint density at radius 3 is 2.77 bits per heavy atom. The first-order valence-electron chi connectivity index (χ1n) is 7.48. The summed E-state index contributed by atoms with van der Waals surface area (Å²) in [5.74, 6) is 0.0251. The third-order valence-electron chi connectivity index (χ3n) is 4.79. The fourth-order valence-electron chi connectivity index (χ4n) is 3.77. The molecular formula is C17H19ClFN3. The van der Waals surface area contributed by atoms with Crippen LogP contribution in [0.25, 0.3) is 11.1 Å². The molecule has 3 unspecified atom stereocenters. The zero-order chi connectivity index (χ0) is 14.4. The first kappa shape index (κ1) is 15.3. The number of nitrogens with zero attached hydrogens (tertiary/aromatic N) is 1. The molecule has 3 N–H and O–H groups in total. The second kappa shape index (κ2) is 5.86. The number of benzene rings is 1. The number of nitrogen functional groups attached to an aromatic ring is 1. The Kier molecular flexibility index (Phi) is 4.06. The smallest absolute Gasteiger partial charge is 0.220 e. The summed E-state index contributed by atoms with van der Waals surface area (Å²) in [5.41, 5.74) is 8.91. The number of hydrogen-bond acceptors (Lipinski definition) is 3. The maximum Gasteiger partial charge on any atom is 0.220 e. The molecule has 0 saturated carbocycles. The highest BCUT2D eigenvalue weighted by Crippen LogP contribution is 2.40. The van der Waals surface area contributed by atoms with E-state index in [1.54, 1.807) is 18.3 Å². The summed E-state index contributed by atoms with van der Waals surface area (Å²) >= 11 is 0. The third-order valence-corrected chi connectivity index (χ3v) is 4.79. The molecule has 2 saturated heterocycles. The van der Waals surface area contributed by atoms with E-state index in [9.17, 15) is 4.39 Å². The molecule has 2 aliphatic rings. The van der Waals surface area contributed by atoms with Gasteiger partial charge in [0.25, 0.3) is 0 Å². The minimum atomic E-state index is -0.430. The average Bonchev–Trinajstić information content (AvgIpc) is 3.10. The van der Waals surface area contributed by atoms with Gasteiger partial charge in [-0.1, -0.05) is 12.1 Å². The van der Waals surface area contributed by atoms with Crippen molar-refractivity contribution >= 4 is 18.1 Å². The Hall–Kier alpha value is -1.65. The molecular weight excluding hydrogens is 301 g/mol. The molecule has 2 bridgehead atoms. The fraction of sp³-hybridized carbons (Fsp3) is 0.353. The van der Waals surface area contributed by atoms with Gasteiger partial charge >= 0.3 is 0 Å². The van der Waals surface area contributed by atoms with E-state index >= 15 is 0 Å². The second-order valence-electron chi connectivity index (χ2n) is 6.12. The predicted octanol–water partition coefficient (Wildman–Crippen LogP) is 3.50. The van der Waals surface area contributed by atoms with Crippen molar-refractivity contribution in [2.24, 2.45) is 0 Å². The van der Waals surface area contributed by atoms with Crippen molar-refractivity contribution in [3.05, 3.63) is 48.0 Å². The SMILES string of the molecule is Cl.Nc1cccc(-c2cc(C3CC4CCC3N4)cnc2F)c1. The lowest BCUT2D eigenvalue weighted by Gasteiger charge is -2.20. The zero-order valence-electron chi connectivity index (χ0n) is 12.1. The highest BCUT2D eigenvalue weighted by Gasteiger charge is 2.39. The lowest BCUT2D eigenvalue weighted by molar-refractivity contribution is 0.502. The first-order chi connectivity index (χ1) is 10.2. The number of anilines is 1. The van der Waals surface area contributed by atoms with Gasteiger partial charge in [0, 0.05) is 35.4 Å². The maximum absolute atomic E-state index is 14.1. The van der Waals surface area contributed by atoms with Crippen LogP contribution in [0.2, 0.25) is 0 Å². The molecule has 1 aromatic heterocycles. The molecule has 3 atom stereocenters. The van der Waals surface area contributed by atoms with Crippen LogP contribution >= 0.6 is 12.4 Å². The summed E-state index contributed by atoms with van der Waals surface area (Å²) < 4.78 is 14.1. The van der Waals surface area contributed by atoms with Crippen LogP contribution in [-0.2, 0) is 0 Å². The molecule has 2 fully saturated rings. The van der Waals surface area contributed by atoms with Gasteiger partial charge in [-0.05, 0) is 48.6 Å². The van der Waals surface area contributed by atoms with E-state index in [0.717, 1.165) is 17.5 Å². The van der Waals surface area contributed by atoms with Crippen molar-refractivity contribution in [1.29, 1.82) is 0 Å².